The predicted molar refractivity (Wildman–Crippen MR) is 148 cm³/mol. The largest absolute Gasteiger partial charge is 0.361 e. The van der Waals surface area contributed by atoms with Crippen LogP contribution in [0.15, 0.2) is 61.1 Å². The maximum atomic E-state index is 9.83. The number of fused-ring (bicyclic) bond motifs is 1. The van der Waals surface area contributed by atoms with Crippen LogP contribution in [0.2, 0.25) is 0 Å². The molecule has 0 aliphatic carbocycles. The summed E-state index contributed by atoms with van der Waals surface area (Å²) in [7, 11) is 2.19. The predicted octanol–water partition coefficient (Wildman–Crippen LogP) is 5.97. The number of anilines is 2. The Labute approximate surface area is 212 Å². The van der Waals surface area contributed by atoms with Crippen molar-refractivity contribution < 1.29 is 0 Å². The molecule has 3 heterocycles. The van der Waals surface area contributed by atoms with E-state index in [0.717, 1.165) is 59.6 Å². The van der Waals surface area contributed by atoms with Gasteiger partial charge in [-0.2, -0.15) is 5.26 Å². The fraction of sp³-hybridized carbons (Fsp3) is 0.267. The number of pyridine rings is 1. The number of H-pyrrole nitrogens is 1. The molecule has 0 radical (unpaired) electrons. The summed E-state index contributed by atoms with van der Waals surface area (Å²) in [5.74, 6) is 0. The molecule has 1 unspecified atom stereocenters. The van der Waals surface area contributed by atoms with Gasteiger partial charge < -0.3 is 15.2 Å². The second-order valence-corrected chi connectivity index (χ2v) is 9.54. The molecule has 6 heteroatoms. The lowest BCUT2D eigenvalue weighted by Crippen LogP contribution is -2.45. The SMILES string of the molecule is Cc1c(Nc2c(C#N)cncc2C=Cc2ccccc2C(C)N2CCN(C)CC2)ccc2[nH]ccc12. The van der Waals surface area contributed by atoms with Crippen molar-refractivity contribution in [1.29, 1.82) is 5.26 Å². The van der Waals surface area contributed by atoms with E-state index in [4.69, 9.17) is 0 Å². The van der Waals surface area contributed by atoms with Crippen LogP contribution in [0.4, 0.5) is 11.4 Å². The minimum atomic E-state index is 0.330. The molecule has 6 nitrogen and oxygen atoms in total. The zero-order valence-electron chi connectivity index (χ0n) is 21.1. The lowest BCUT2D eigenvalue weighted by Gasteiger charge is -2.37. The first-order valence-corrected chi connectivity index (χ1v) is 12.5. The molecule has 1 atom stereocenters. The third kappa shape index (κ3) is 4.76. The van der Waals surface area contributed by atoms with Crippen molar-refractivity contribution >= 4 is 34.4 Å². The molecule has 0 saturated carbocycles. The summed E-state index contributed by atoms with van der Waals surface area (Å²) in [6.07, 6.45) is 9.59. The number of rotatable bonds is 6. The smallest absolute Gasteiger partial charge is 0.103 e. The van der Waals surface area contributed by atoms with Gasteiger partial charge in [-0.05, 0) is 55.8 Å². The maximum absolute atomic E-state index is 9.83. The average Bonchev–Trinajstić information content (AvgIpc) is 3.39. The number of aromatic nitrogens is 2. The standard InChI is InChI=1S/C30H32N6/c1-21-26-12-13-33-29(26)11-10-28(21)34-30-24(19-32-20-25(30)18-31)9-8-23-6-4-5-7-27(23)22(2)36-16-14-35(3)15-17-36/h4-13,19-20,22,33H,14-17H2,1-3H3,(H,32,34). The van der Waals surface area contributed by atoms with Gasteiger partial charge >= 0.3 is 0 Å². The number of nitrogens with zero attached hydrogens (tertiary/aromatic N) is 4. The molecule has 1 aliphatic heterocycles. The van der Waals surface area contributed by atoms with Crippen LogP contribution >= 0.6 is 0 Å². The van der Waals surface area contributed by atoms with Crippen molar-refractivity contribution in [2.24, 2.45) is 0 Å². The van der Waals surface area contributed by atoms with E-state index < -0.39 is 0 Å². The quantitative estimate of drug-likeness (QED) is 0.359. The van der Waals surface area contributed by atoms with Crippen molar-refractivity contribution in [3.63, 3.8) is 0 Å². The molecule has 2 N–H and O–H groups in total. The van der Waals surface area contributed by atoms with Gasteiger partial charge in [0.25, 0.3) is 0 Å². The first-order valence-electron chi connectivity index (χ1n) is 12.5. The van der Waals surface area contributed by atoms with Gasteiger partial charge in [-0.15, -0.1) is 0 Å². The van der Waals surface area contributed by atoms with Crippen LogP contribution in [0.3, 0.4) is 0 Å². The van der Waals surface area contributed by atoms with Crippen LogP contribution in [0, 0.1) is 18.3 Å². The van der Waals surface area contributed by atoms with Crippen LogP contribution in [0.25, 0.3) is 23.1 Å². The van der Waals surface area contributed by atoms with Gasteiger partial charge in [0.15, 0.2) is 0 Å². The fourth-order valence-electron chi connectivity index (χ4n) is 5.01. The van der Waals surface area contributed by atoms with Crippen molar-refractivity contribution in [3.8, 4) is 6.07 Å². The zero-order chi connectivity index (χ0) is 25.1. The van der Waals surface area contributed by atoms with Gasteiger partial charge in [0.05, 0.1) is 11.3 Å². The summed E-state index contributed by atoms with van der Waals surface area (Å²) in [4.78, 5) is 12.5. The first kappa shape index (κ1) is 23.8. The number of benzene rings is 2. The highest BCUT2D eigenvalue weighted by atomic mass is 15.3. The zero-order valence-corrected chi connectivity index (χ0v) is 21.1. The van der Waals surface area contributed by atoms with Gasteiger partial charge in [-0.25, -0.2) is 0 Å². The van der Waals surface area contributed by atoms with E-state index >= 15 is 0 Å². The van der Waals surface area contributed by atoms with E-state index in [-0.39, 0.29) is 0 Å². The van der Waals surface area contributed by atoms with E-state index in [2.05, 4.69) is 107 Å². The summed E-state index contributed by atoms with van der Waals surface area (Å²) < 4.78 is 0. The van der Waals surface area contributed by atoms with Crippen molar-refractivity contribution in [3.05, 3.63) is 88.9 Å². The summed E-state index contributed by atoms with van der Waals surface area (Å²) in [5.41, 5.74) is 7.87. The highest BCUT2D eigenvalue weighted by Gasteiger charge is 2.21. The minimum Gasteiger partial charge on any atom is -0.361 e. The van der Waals surface area contributed by atoms with Gasteiger partial charge in [-0.1, -0.05) is 36.4 Å². The molecule has 1 aliphatic rings. The third-order valence-corrected chi connectivity index (χ3v) is 7.33. The van der Waals surface area contributed by atoms with Gasteiger partial charge in [0.1, 0.15) is 6.07 Å². The van der Waals surface area contributed by atoms with E-state index in [1.54, 1.807) is 6.20 Å². The number of piperazine rings is 1. The molecule has 1 fully saturated rings. The van der Waals surface area contributed by atoms with E-state index in [0.29, 0.717) is 11.6 Å². The number of hydrogen-bond acceptors (Lipinski definition) is 5. The molecule has 182 valence electrons. The molecule has 4 aromatic rings. The Kier molecular flexibility index (Phi) is 6.86. The minimum absolute atomic E-state index is 0.330. The highest BCUT2D eigenvalue weighted by Crippen LogP contribution is 2.32. The highest BCUT2D eigenvalue weighted by molar-refractivity contribution is 5.90. The molecule has 0 amide bonds. The topological polar surface area (TPSA) is 71.0 Å². The molecule has 0 bridgehead atoms. The number of nitriles is 1. The fourth-order valence-corrected chi connectivity index (χ4v) is 5.01. The van der Waals surface area contributed by atoms with Gasteiger partial charge in [-0.3, -0.25) is 9.88 Å². The number of hydrogen-bond donors (Lipinski definition) is 2. The molecule has 36 heavy (non-hydrogen) atoms. The lowest BCUT2D eigenvalue weighted by molar-refractivity contribution is 0.119. The summed E-state index contributed by atoms with van der Waals surface area (Å²) in [6, 6.07) is 17.4. The number of likely N-dealkylation sites (N-methyl/N-ethyl adjacent to an activating group) is 1. The van der Waals surface area contributed by atoms with Crippen LogP contribution < -0.4 is 5.32 Å². The molecular formula is C30H32N6. The van der Waals surface area contributed by atoms with E-state index in [1.807, 2.05) is 12.4 Å². The van der Waals surface area contributed by atoms with Crippen LogP contribution in [0.5, 0.6) is 0 Å². The number of aryl methyl sites for hydroxylation is 1. The van der Waals surface area contributed by atoms with Crippen molar-refractivity contribution in [2.75, 3.05) is 38.5 Å². The Morgan fingerprint density at radius 3 is 2.61 bits per heavy atom. The molecule has 1 saturated heterocycles. The maximum Gasteiger partial charge on any atom is 0.103 e. The third-order valence-electron chi connectivity index (χ3n) is 7.33. The Balaban J connectivity index is 1.46. The summed E-state index contributed by atoms with van der Waals surface area (Å²) in [5, 5.41) is 14.5. The lowest BCUT2D eigenvalue weighted by atomic mass is 9.98. The summed E-state index contributed by atoms with van der Waals surface area (Å²) in [6.45, 7) is 8.72. The monoisotopic (exact) mass is 476 g/mol. The average molecular weight is 477 g/mol. The normalized spacial score (nSPS) is 15.8. The van der Waals surface area contributed by atoms with Gasteiger partial charge in [0, 0.05) is 73.0 Å². The Morgan fingerprint density at radius 1 is 1.03 bits per heavy atom. The number of aromatic amines is 1. The molecule has 2 aromatic heterocycles. The molecule has 0 spiro atoms. The van der Waals surface area contributed by atoms with Crippen molar-refractivity contribution in [1.82, 2.24) is 19.8 Å². The number of nitrogens with one attached hydrogen (secondary N) is 2. The molecule has 5 rings (SSSR count). The van der Waals surface area contributed by atoms with Crippen LogP contribution in [-0.2, 0) is 0 Å². The first-order chi connectivity index (χ1) is 17.5. The Bertz CT molecular complexity index is 1440. The summed E-state index contributed by atoms with van der Waals surface area (Å²) >= 11 is 0. The van der Waals surface area contributed by atoms with Crippen LogP contribution in [-0.4, -0.2) is 53.0 Å². The van der Waals surface area contributed by atoms with Crippen molar-refractivity contribution in [2.45, 2.75) is 19.9 Å². The second kappa shape index (κ2) is 10.4. The van der Waals surface area contributed by atoms with Gasteiger partial charge in [0.2, 0.25) is 0 Å². The van der Waals surface area contributed by atoms with E-state index in [9.17, 15) is 5.26 Å². The molecule has 2 aromatic carbocycles. The Hall–Kier alpha value is -3.92. The second-order valence-electron chi connectivity index (χ2n) is 9.54. The molecular weight excluding hydrogens is 444 g/mol. The Morgan fingerprint density at radius 2 is 1.81 bits per heavy atom. The van der Waals surface area contributed by atoms with E-state index in [1.165, 1.54) is 11.1 Å². The van der Waals surface area contributed by atoms with Crippen LogP contribution in [0.1, 0.15) is 40.8 Å².